The van der Waals surface area contributed by atoms with Gasteiger partial charge in [-0.1, -0.05) is 31.9 Å². The summed E-state index contributed by atoms with van der Waals surface area (Å²) in [7, 11) is 0. The number of aliphatic hydroxyl groups excluding tert-OH is 2. The highest BCUT2D eigenvalue weighted by atomic mass is 35.5. The zero-order valence-electron chi connectivity index (χ0n) is 9.73. The topological polar surface area (TPSA) is 58.3 Å². The van der Waals surface area contributed by atoms with E-state index in [9.17, 15) is 10.2 Å². The first-order valence-electron chi connectivity index (χ1n) is 5.69. The standard InChI is InChI=1S/C11H19ClN2O2/c1-3-5-9(15)11(16)10-8(12)7-13-14(10)6-4-2/h7,9,11,15-16H,3-6H2,1-2H3. The number of nitrogens with zero attached hydrogens (tertiary/aromatic N) is 2. The summed E-state index contributed by atoms with van der Waals surface area (Å²) >= 11 is 5.97. The molecule has 2 atom stereocenters. The number of hydrogen-bond acceptors (Lipinski definition) is 3. The maximum absolute atomic E-state index is 10.0. The van der Waals surface area contributed by atoms with Crippen LogP contribution in [-0.2, 0) is 6.54 Å². The van der Waals surface area contributed by atoms with Gasteiger partial charge >= 0.3 is 0 Å². The van der Waals surface area contributed by atoms with E-state index in [2.05, 4.69) is 5.10 Å². The second-order valence-corrected chi connectivity index (χ2v) is 4.31. The molecule has 2 unspecified atom stereocenters. The van der Waals surface area contributed by atoms with E-state index in [4.69, 9.17) is 11.6 Å². The molecule has 0 aliphatic carbocycles. The van der Waals surface area contributed by atoms with E-state index in [0.29, 0.717) is 23.7 Å². The molecule has 0 bridgehead atoms. The molecule has 5 heteroatoms. The Morgan fingerprint density at radius 1 is 1.38 bits per heavy atom. The first-order valence-corrected chi connectivity index (χ1v) is 6.06. The molecule has 0 saturated heterocycles. The molecule has 0 aliphatic rings. The lowest BCUT2D eigenvalue weighted by Gasteiger charge is -2.19. The highest BCUT2D eigenvalue weighted by molar-refractivity contribution is 6.31. The van der Waals surface area contributed by atoms with Crippen molar-refractivity contribution in [3.8, 4) is 0 Å². The summed E-state index contributed by atoms with van der Waals surface area (Å²) in [4.78, 5) is 0. The van der Waals surface area contributed by atoms with Crippen molar-refractivity contribution in [1.82, 2.24) is 9.78 Å². The van der Waals surface area contributed by atoms with Crippen molar-refractivity contribution in [2.24, 2.45) is 0 Å². The van der Waals surface area contributed by atoms with Crippen molar-refractivity contribution in [3.05, 3.63) is 16.9 Å². The van der Waals surface area contributed by atoms with E-state index in [1.54, 1.807) is 4.68 Å². The first-order chi connectivity index (χ1) is 7.61. The molecule has 1 heterocycles. The lowest BCUT2D eigenvalue weighted by Crippen LogP contribution is -2.21. The Morgan fingerprint density at radius 2 is 2.06 bits per heavy atom. The monoisotopic (exact) mass is 246 g/mol. The largest absolute Gasteiger partial charge is 0.390 e. The van der Waals surface area contributed by atoms with Gasteiger partial charge in [0.1, 0.15) is 6.10 Å². The van der Waals surface area contributed by atoms with Crippen LogP contribution < -0.4 is 0 Å². The zero-order chi connectivity index (χ0) is 12.1. The van der Waals surface area contributed by atoms with Crippen LogP contribution >= 0.6 is 11.6 Å². The second kappa shape index (κ2) is 6.23. The summed E-state index contributed by atoms with van der Waals surface area (Å²) in [6.07, 6.45) is 2.04. The molecular formula is C11H19ClN2O2. The van der Waals surface area contributed by atoms with Crippen LogP contribution in [0.1, 0.15) is 44.9 Å². The normalized spacial score (nSPS) is 15.1. The number of aryl methyl sites for hydroxylation is 1. The van der Waals surface area contributed by atoms with Crippen LogP contribution in [0.15, 0.2) is 6.20 Å². The highest BCUT2D eigenvalue weighted by Gasteiger charge is 2.24. The number of hydrogen-bond donors (Lipinski definition) is 2. The van der Waals surface area contributed by atoms with Crippen molar-refractivity contribution in [1.29, 1.82) is 0 Å². The predicted molar refractivity (Wildman–Crippen MR) is 63.4 cm³/mol. The summed E-state index contributed by atoms with van der Waals surface area (Å²) in [5.74, 6) is 0. The summed E-state index contributed by atoms with van der Waals surface area (Å²) in [5, 5.41) is 24.3. The molecule has 1 aromatic rings. The Balaban J connectivity index is 2.87. The predicted octanol–water partition coefficient (Wildman–Crippen LogP) is 2.14. The van der Waals surface area contributed by atoms with Crippen molar-refractivity contribution in [2.75, 3.05) is 0 Å². The van der Waals surface area contributed by atoms with Crippen LogP contribution in [-0.4, -0.2) is 26.1 Å². The molecule has 0 spiro atoms. The van der Waals surface area contributed by atoms with Gasteiger partial charge in [-0.25, -0.2) is 0 Å². The highest BCUT2D eigenvalue weighted by Crippen LogP contribution is 2.26. The van der Waals surface area contributed by atoms with Crippen molar-refractivity contribution in [3.63, 3.8) is 0 Å². The maximum Gasteiger partial charge on any atom is 0.123 e. The minimum Gasteiger partial charge on any atom is -0.390 e. The number of aliphatic hydroxyl groups is 2. The van der Waals surface area contributed by atoms with E-state index in [-0.39, 0.29) is 0 Å². The number of rotatable bonds is 6. The second-order valence-electron chi connectivity index (χ2n) is 3.90. The summed E-state index contributed by atoms with van der Waals surface area (Å²) in [5.41, 5.74) is 0.518. The lowest BCUT2D eigenvalue weighted by atomic mass is 10.1. The number of aromatic nitrogens is 2. The molecule has 1 aromatic heterocycles. The van der Waals surface area contributed by atoms with Gasteiger partial charge in [-0.15, -0.1) is 0 Å². The molecule has 0 aliphatic heterocycles. The van der Waals surface area contributed by atoms with Crippen LogP contribution in [0, 0.1) is 0 Å². The molecule has 1 rings (SSSR count). The van der Waals surface area contributed by atoms with Crippen LogP contribution in [0.3, 0.4) is 0 Å². The molecule has 2 N–H and O–H groups in total. The first kappa shape index (κ1) is 13.5. The fourth-order valence-electron chi connectivity index (χ4n) is 1.69. The third kappa shape index (κ3) is 2.97. The smallest absolute Gasteiger partial charge is 0.123 e. The maximum atomic E-state index is 10.0. The van der Waals surface area contributed by atoms with E-state index in [1.165, 1.54) is 6.20 Å². The van der Waals surface area contributed by atoms with Crippen molar-refractivity contribution >= 4 is 11.6 Å². The van der Waals surface area contributed by atoms with Gasteiger partial charge in [-0.3, -0.25) is 4.68 Å². The number of halogens is 1. The Labute approximate surface area is 101 Å². The van der Waals surface area contributed by atoms with Crippen LogP contribution in [0.2, 0.25) is 5.02 Å². The summed E-state index contributed by atoms with van der Waals surface area (Å²) in [6.45, 7) is 4.67. The van der Waals surface area contributed by atoms with Crippen LogP contribution in [0.25, 0.3) is 0 Å². The molecule has 0 radical (unpaired) electrons. The molecule has 0 saturated carbocycles. The van der Waals surface area contributed by atoms with Crippen LogP contribution in [0.4, 0.5) is 0 Å². The van der Waals surface area contributed by atoms with Gasteiger partial charge in [0.05, 0.1) is 23.0 Å². The molecule has 0 aromatic carbocycles. The van der Waals surface area contributed by atoms with Crippen LogP contribution in [0.5, 0.6) is 0 Å². The minimum atomic E-state index is -0.957. The van der Waals surface area contributed by atoms with Crippen molar-refractivity contribution < 1.29 is 10.2 Å². The summed E-state index contributed by atoms with van der Waals surface area (Å²) < 4.78 is 1.66. The zero-order valence-corrected chi connectivity index (χ0v) is 10.5. The average Bonchev–Trinajstić information content (AvgIpc) is 2.60. The Kier molecular flexibility index (Phi) is 5.25. The van der Waals surface area contributed by atoms with E-state index in [0.717, 1.165) is 12.8 Å². The van der Waals surface area contributed by atoms with Gasteiger partial charge < -0.3 is 10.2 Å². The molecule has 4 nitrogen and oxygen atoms in total. The molecule has 0 amide bonds. The third-order valence-electron chi connectivity index (χ3n) is 2.50. The average molecular weight is 247 g/mol. The fraction of sp³-hybridized carbons (Fsp3) is 0.727. The molecular weight excluding hydrogens is 228 g/mol. The van der Waals surface area contributed by atoms with Gasteiger partial charge in [-0.05, 0) is 12.8 Å². The molecule has 0 fully saturated rings. The van der Waals surface area contributed by atoms with Gasteiger partial charge in [0, 0.05) is 6.54 Å². The van der Waals surface area contributed by atoms with E-state index in [1.807, 2.05) is 13.8 Å². The van der Waals surface area contributed by atoms with Crippen molar-refractivity contribution in [2.45, 2.75) is 51.9 Å². The fourth-order valence-corrected chi connectivity index (χ4v) is 1.94. The third-order valence-corrected chi connectivity index (χ3v) is 2.79. The van der Waals surface area contributed by atoms with E-state index < -0.39 is 12.2 Å². The Bertz CT molecular complexity index is 328. The lowest BCUT2D eigenvalue weighted by molar-refractivity contribution is 0.00789. The molecule has 16 heavy (non-hydrogen) atoms. The Morgan fingerprint density at radius 3 is 2.62 bits per heavy atom. The van der Waals surface area contributed by atoms with Gasteiger partial charge in [0.2, 0.25) is 0 Å². The van der Waals surface area contributed by atoms with Gasteiger partial charge in [0.25, 0.3) is 0 Å². The SMILES string of the molecule is CCCC(O)C(O)c1c(Cl)cnn1CCC. The molecule has 92 valence electrons. The Hall–Kier alpha value is -0.580. The van der Waals surface area contributed by atoms with Gasteiger partial charge in [0.15, 0.2) is 0 Å². The quantitative estimate of drug-likeness (QED) is 0.809. The van der Waals surface area contributed by atoms with E-state index >= 15 is 0 Å². The van der Waals surface area contributed by atoms with Gasteiger partial charge in [-0.2, -0.15) is 5.10 Å². The minimum absolute atomic E-state index is 0.413. The summed E-state index contributed by atoms with van der Waals surface area (Å²) in [6, 6.07) is 0.